The highest BCUT2D eigenvalue weighted by atomic mass is 32.1. The first-order chi connectivity index (χ1) is 10.2. The molecule has 106 valence electrons. The fourth-order valence-electron chi connectivity index (χ4n) is 2.20. The van der Waals surface area contributed by atoms with E-state index in [0.717, 1.165) is 26.3 Å². The van der Waals surface area contributed by atoms with Gasteiger partial charge < -0.3 is 10.4 Å². The lowest BCUT2D eigenvalue weighted by Crippen LogP contribution is -1.98. The lowest BCUT2D eigenvalue weighted by atomic mass is 10.2. The van der Waals surface area contributed by atoms with E-state index < -0.39 is 5.97 Å². The van der Waals surface area contributed by atoms with Crippen LogP contribution >= 0.6 is 11.3 Å². The molecule has 21 heavy (non-hydrogen) atoms. The minimum Gasteiger partial charge on any atom is -0.481 e. The van der Waals surface area contributed by atoms with Crippen LogP contribution in [0.3, 0.4) is 0 Å². The Hall–Kier alpha value is -2.40. The second kappa shape index (κ2) is 5.93. The molecule has 0 radical (unpaired) electrons. The summed E-state index contributed by atoms with van der Waals surface area (Å²) in [4.78, 5) is 17.0. The van der Waals surface area contributed by atoms with Gasteiger partial charge in [0.25, 0.3) is 0 Å². The number of hydrogen-bond acceptors (Lipinski definition) is 4. The van der Waals surface area contributed by atoms with Gasteiger partial charge in [-0.15, -0.1) is 11.3 Å². The maximum Gasteiger partial charge on any atom is 0.308 e. The highest BCUT2D eigenvalue weighted by Crippen LogP contribution is 2.23. The van der Waals surface area contributed by atoms with E-state index in [1.165, 1.54) is 11.3 Å². The molecule has 0 atom stereocenters. The Kier molecular flexibility index (Phi) is 3.83. The number of carbonyl (C=O) groups is 1. The molecule has 2 heterocycles. The molecule has 0 aliphatic rings. The summed E-state index contributed by atoms with van der Waals surface area (Å²) in [5.41, 5.74) is 1.99. The zero-order chi connectivity index (χ0) is 14.7. The molecule has 3 aromatic rings. The number of benzene rings is 1. The van der Waals surface area contributed by atoms with Crippen molar-refractivity contribution >= 4 is 33.9 Å². The van der Waals surface area contributed by atoms with Gasteiger partial charge in [0.15, 0.2) is 0 Å². The number of rotatable bonds is 5. The average molecular weight is 298 g/mol. The quantitative estimate of drug-likeness (QED) is 0.756. The van der Waals surface area contributed by atoms with Crippen molar-refractivity contribution in [1.82, 2.24) is 4.98 Å². The fraction of sp³-hybridized carbons (Fsp3) is 0.125. The third-order valence-electron chi connectivity index (χ3n) is 3.14. The largest absolute Gasteiger partial charge is 0.481 e. The fourth-order valence-corrected chi connectivity index (χ4v) is 3.15. The highest BCUT2D eigenvalue weighted by Gasteiger charge is 2.05. The van der Waals surface area contributed by atoms with Gasteiger partial charge in [-0.1, -0.05) is 6.07 Å². The predicted molar refractivity (Wildman–Crippen MR) is 84.7 cm³/mol. The molecule has 4 nitrogen and oxygen atoms in total. The first-order valence-electron chi connectivity index (χ1n) is 6.59. The lowest BCUT2D eigenvalue weighted by Gasteiger charge is -2.08. The molecule has 0 spiro atoms. The van der Waals surface area contributed by atoms with E-state index >= 15 is 0 Å². The van der Waals surface area contributed by atoms with Gasteiger partial charge in [-0.25, -0.2) is 0 Å². The van der Waals surface area contributed by atoms with Gasteiger partial charge in [-0.3, -0.25) is 9.78 Å². The summed E-state index contributed by atoms with van der Waals surface area (Å²) in [6.07, 6.45) is 1.87. The number of aliphatic carboxylic acids is 1. The van der Waals surface area contributed by atoms with Gasteiger partial charge >= 0.3 is 5.97 Å². The second-order valence-electron chi connectivity index (χ2n) is 4.67. The Balaban J connectivity index is 1.74. The van der Waals surface area contributed by atoms with Crippen molar-refractivity contribution in [3.05, 3.63) is 58.4 Å². The predicted octanol–water partition coefficient (Wildman–Crippen LogP) is 3.54. The van der Waals surface area contributed by atoms with E-state index in [9.17, 15) is 4.79 Å². The van der Waals surface area contributed by atoms with Gasteiger partial charge in [0.1, 0.15) is 0 Å². The molecule has 0 aliphatic heterocycles. The van der Waals surface area contributed by atoms with Crippen LogP contribution < -0.4 is 5.32 Å². The van der Waals surface area contributed by atoms with Gasteiger partial charge in [-0.05, 0) is 36.4 Å². The van der Waals surface area contributed by atoms with E-state index in [0.29, 0.717) is 6.54 Å². The van der Waals surface area contributed by atoms with Crippen LogP contribution in [-0.4, -0.2) is 16.1 Å². The monoisotopic (exact) mass is 298 g/mol. The van der Waals surface area contributed by atoms with Crippen LogP contribution in [0, 0.1) is 0 Å². The van der Waals surface area contributed by atoms with Crippen LogP contribution in [0.1, 0.15) is 9.75 Å². The number of carboxylic acid groups (broad SMARTS) is 1. The normalized spacial score (nSPS) is 10.7. The molecule has 0 aliphatic carbocycles. The van der Waals surface area contributed by atoms with Crippen LogP contribution in [0.15, 0.2) is 48.7 Å². The number of fused-ring (bicyclic) bond motifs is 1. The molecule has 0 saturated carbocycles. The Morgan fingerprint density at radius 2 is 2.00 bits per heavy atom. The molecule has 2 N–H and O–H groups in total. The van der Waals surface area contributed by atoms with Crippen molar-refractivity contribution in [2.45, 2.75) is 13.0 Å². The number of nitrogens with one attached hydrogen (secondary N) is 1. The molecule has 1 aromatic carbocycles. The van der Waals surface area contributed by atoms with E-state index in [1.807, 2.05) is 42.5 Å². The van der Waals surface area contributed by atoms with E-state index in [-0.39, 0.29) is 6.42 Å². The van der Waals surface area contributed by atoms with Gasteiger partial charge in [0, 0.05) is 33.6 Å². The van der Waals surface area contributed by atoms with Gasteiger partial charge in [0.05, 0.1) is 11.9 Å². The third-order valence-corrected chi connectivity index (χ3v) is 4.23. The van der Waals surface area contributed by atoms with Crippen molar-refractivity contribution in [3.8, 4) is 0 Å². The average Bonchev–Trinajstić information content (AvgIpc) is 2.92. The smallest absolute Gasteiger partial charge is 0.308 e. The first-order valence-corrected chi connectivity index (χ1v) is 7.41. The Morgan fingerprint density at radius 1 is 1.14 bits per heavy atom. The van der Waals surface area contributed by atoms with Crippen molar-refractivity contribution in [1.29, 1.82) is 0 Å². The molecule has 3 rings (SSSR count). The standard InChI is InChI=1S/C16H14N2O2S/c19-16(20)9-11-6-7-12(21-11)10-18-15-5-1-4-14-13(15)3-2-8-17-14/h1-8,18H,9-10H2,(H,19,20). The maximum atomic E-state index is 10.7. The number of pyridine rings is 1. The summed E-state index contributed by atoms with van der Waals surface area (Å²) in [6.45, 7) is 0.679. The van der Waals surface area contributed by atoms with Crippen molar-refractivity contribution in [2.24, 2.45) is 0 Å². The molecule has 5 heteroatoms. The third kappa shape index (κ3) is 3.20. The number of thiophene rings is 1. The Morgan fingerprint density at radius 3 is 2.86 bits per heavy atom. The molecule has 0 saturated heterocycles. The van der Waals surface area contributed by atoms with Gasteiger partial charge in [0.2, 0.25) is 0 Å². The van der Waals surface area contributed by atoms with Crippen LogP contribution in [0.4, 0.5) is 5.69 Å². The number of nitrogens with zero attached hydrogens (tertiary/aromatic N) is 1. The lowest BCUT2D eigenvalue weighted by molar-refractivity contribution is -0.136. The Bertz CT molecular complexity index is 777. The summed E-state index contributed by atoms with van der Waals surface area (Å²) in [6, 6.07) is 13.8. The molecular formula is C16H14N2O2S. The first kappa shape index (κ1) is 13.6. The molecular weight excluding hydrogens is 284 g/mol. The molecule has 0 amide bonds. The molecule has 0 unspecified atom stereocenters. The SMILES string of the molecule is O=C(O)Cc1ccc(CNc2cccc3ncccc23)s1. The summed E-state index contributed by atoms with van der Waals surface area (Å²) in [5, 5.41) is 13.3. The van der Waals surface area contributed by atoms with Crippen molar-refractivity contribution in [3.63, 3.8) is 0 Å². The summed E-state index contributed by atoms with van der Waals surface area (Å²) in [7, 11) is 0. The van der Waals surface area contributed by atoms with E-state index in [2.05, 4.69) is 10.3 Å². The minimum absolute atomic E-state index is 0.0862. The molecule has 0 fully saturated rings. The number of anilines is 1. The maximum absolute atomic E-state index is 10.7. The van der Waals surface area contributed by atoms with Crippen LogP contribution in [0.2, 0.25) is 0 Å². The van der Waals surface area contributed by atoms with Crippen LogP contribution in [-0.2, 0) is 17.8 Å². The van der Waals surface area contributed by atoms with Gasteiger partial charge in [-0.2, -0.15) is 0 Å². The minimum atomic E-state index is -0.795. The summed E-state index contributed by atoms with van der Waals surface area (Å²) < 4.78 is 0. The van der Waals surface area contributed by atoms with Crippen LogP contribution in [0.5, 0.6) is 0 Å². The molecule has 2 aromatic heterocycles. The summed E-state index contributed by atoms with van der Waals surface area (Å²) >= 11 is 1.53. The zero-order valence-corrected chi connectivity index (χ0v) is 12.1. The number of aromatic nitrogens is 1. The second-order valence-corrected chi connectivity index (χ2v) is 5.92. The van der Waals surface area contributed by atoms with Crippen molar-refractivity contribution < 1.29 is 9.90 Å². The Labute approximate surface area is 126 Å². The topological polar surface area (TPSA) is 62.2 Å². The number of hydrogen-bond donors (Lipinski definition) is 2. The van der Waals surface area contributed by atoms with Crippen molar-refractivity contribution in [2.75, 3.05) is 5.32 Å². The number of carboxylic acids is 1. The highest BCUT2D eigenvalue weighted by molar-refractivity contribution is 7.12. The van der Waals surface area contributed by atoms with E-state index in [1.54, 1.807) is 6.20 Å². The molecule has 0 bridgehead atoms. The van der Waals surface area contributed by atoms with Crippen LogP contribution in [0.25, 0.3) is 10.9 Å². The summed E-state index contributed by atoms with van der Waals surface area (Å²) in [5.74, 6) is -0.795. The zero-order valence-electron chi connectivity index (χ0n) is 11.2. The van der Waals surface area contributed by atoms with E-state index in [4.69, 9.17) is 5.11 Å².